The van der Waals surface area contributed by atoms with Crippen molar-refractivity contribution in [3.8, 4) is 0 Å². The molecule has 0 amide bonds. The Balaban J connectivity index is 2.06. The summed E-state index contributed by atoms with van der Waals surface area (Å²) in [4.78, 5) is 0. The molecule has 1 fully saturated rings. The first kappa shape index (κ1) is 14.2. The highest BCUT2D eigenvalue weighted by Crippen LogP contribution is 2.30. The Labute approximate surface area is 120 Å². The Morgan fingerprint density at radius 2 is 1.94 bits per heavy atom. The van der Waals surface area contributed by atoms with E-state index in [0.29, 0.717) is 6.04 Å². The molecular formula is C15H21Cl2N. The number of nitrogens with one attached hydrogen (secondary N) is 1. The van der Waals surface area contributed by atoms with Crippen molar-refractivity contribution in [1.29, 1.82) is 0 Å². The molecule has 100 valence electrons. The van der Waals surface area contributed by atoms with E-state index in [2.05, 4.69) is 12.4 Å². The van der Waals surface area contributed by atoms with E-state index >= 15 is 0 Å². The summed E-state index contributed by atoms with van der Waals surface area (Å²) in [7, 11) is 2.05. The van der Waals surface area contributed by atoms with Crippen LogP contribution in [0, 0.1) is 5.92 Å². The molecule has 0 aliphatic heterocycles. The van der Waals surface area contributed by atoms with Gasteiger partial charge >= 0.3 is 0 Å². The van der Waals surface area contributed by atoms with Gasteiger partial charge in [-0.2, -0.15) is 0 Å². The first-order valence-corrected chi connectivity index (χ1v) is 7.57. The van der Waals surface area contributed by atoms with Gasteiger partial charge in [0.05, 0.1) is 0 Å². The monoisotopic (exact) mass is 285 g/mol. The maximum atomic E-state index is 6.25. The summed E-state index contributed by atoms with van der Waals surface area (Å²) in [6.45, 7) is 0. The quantitative estimate of drug-likeness (QED) is 0.845. The standard InChI is InChI=1S/C15H21Cl2N/c1-18-15(11-5-3-2-4-6-11)10-12-9-13(16)7-8-14(12)17/h7-9,11,15,18H,2-6,10H2,1H3. The van der Waals surface area contributed by atoms with Crippen LogP contribution in [0.4, 0.5) is 0 Å². The summed E-state index contributed by atoms with van der Waals surface area (Å²) < 4.78 is 0. The molecule has 18 heavy (non-hydrogen) atoms. The summed E-state index contributed by atoms with van der Waals surface area (Å²) in [5.74, 6) is 0.777. The van der Waals surface area contributed by atoms with Gasteiger partial charge < -0.3 is 5.32 Å². The van der Waals surface area contributed by atoms with Crippen LogP contribution in [0.25, 0.3) is 0 Å². The van der Waals surface area contributed by atoms with Crippen LogP contribution in [0.3, 0.4) is 0 Å². The third kappa shape index (κ3) is 3.63. The van der Waals surface area contributed by atoms with Gasteiger partial charge in [0, 0.05) is 16.1 Å². The van der Waals surface area contributed by atoms with E-state index < -0.39 is 0 Å². The molecule has 1 atom stereocenters. The van der Waals surface area contributed by atoms with Crippen molar-refractivity contribution in [1.82, 2.24) is 5.32 Å². The van der Waals surface area contributed by atoms with Crippen molar-refractivity contribution >= 4 is 23.2 Å². The lowest BCUT2D eigenvalue weighted by molar-refractivity contribution is 0.277. The number of halogens is 2. The summed E-state index contributed by atoms with van der Waals surface area (Å²) >= 11 is 12.3. The highest BCUT2D eigenvalue weighted by molar-refractivity contribution is 6.33. The Morgan fingerprint density at radius 3 is 2.61 bits per heavy atom. The smallest absolute Gasteiger partial charge is 0.0439 e. The highest BCUT2D eigenvalue weighted by Gasteiger charge is 2.23. The number of benzene rings is 1. The fourth-order valence-electron chi connectivity index (χ4n) is 2.98. The van der Waals surface area contributed by atoms with Crippen molar-refractivity contribution in [2.45, 2.75) is 44.6 Å². The van der Waals surface area contributed by atoms with Crippen LogP contribution in [0.5, 0.6) is 0 Å². The molecule has 0 saturated heterocycles. The zero-order valence-corrected chi connectivity index (χ0v) is 12.4. The van der Waals surface area contributed by atoms with Crippen LogP contribution in [-0.2, 0) is 6.42 Å². The average molecular weight is 286 g/mol. The maximum Gasteiger partial charge on any atom is 0.0439 e. The second-order valence-electron chi connectivity index (χ2n) is 5.23. The summed E-state index contributed by atoms with van der Waals surface area (Å²) in [6.07, 6.45) is 7.77. The fourth-order valence-corrected chi connectivity index (χ4v) is 3.37. The fraction of sp³-hybridized carbons (Fsp3) is 0.600. The molecule has 1 aromatic carbocycles. The molecule has 1 unspecified atom stereocenters. The molecule has 0 spiro atoms. The summed E-state index contributed by atoms with van der Waals surface area (Å²) in [5, 5.41) is 5.07. The maximum absolute atomic E-state index is 6.25. The second-order valence-corrected chi connectivity index (χ2v) is 6.08. The lowest BCUT2D eigenvalue weighted by atomic mass is 9.81. The van der Waals surface area contributed by atoms with E-state index in [9.17, 15) is 0 Å². The lowest BCUT2D eigenvalue weighted by Gasteiger charge is -2.30. The first-order valence-electron chi connectivity index (χ1n) is 6.82. The van der Waals surface area contributed by atoms with Gasteiger partial charge in [0.1, 0.15) is 0 Å². The van der Waals surface area contributed by atoms with Crippen molar-refractivity contribution in [2.24, 2.45) is 5.92 Å². The van der Waals surface area contributed by atoms with Gasteiger partial charge in [-0.25, -0.2) is 0 Å². The van der Waals surface area contributed by atoms with Crippen LogP contribution in [0.1, 0.15) is 37.7 Å². The molecule has 1 aromatic rings. The largest absolute Gasteiger partial charge is 0.316 e. The number of likely N-dealkylation sites (N-methyl/N-ethyl adjacent to an activating group) is 1. The van der Waals surface area contributed by atoms with Crippen LogP contribution >= 0.6 is 23.2 Å². The highest BCUT2D eigenvalue weighted by atomic mass is 35.5. The van der Waals surface area contributed by atoms with Gasteiger partial charge in [-0.1, -0.05) is 42.5 Å². The number of hydrogen-bond donors (Lipinski definition) is 1. The van der Waals surface area contributed by atoms with Crippen LogP contribution in [0.2, 0.25) is 10.0 Å². The van der Waals surface area contributed by atoms with Crippen molar-refractivity contribution in [2.75, 3.05) is 7.05 Å². The molecule has 2 rings (SSSR count). The third-order valence-electron chi connectivity index (χ3n) is 4.04. The van der Waals surface area contributed by atoms with Crippen molar-refractivity contribution in [3.63, 3.8) is 0 Å². The molecule has 0 radical (unpaired) electrons. The molecule has 1 aliphatic carbocycles. The molecule has 0 bridgehead atoms. The predicted molar refractivity (Wildman–Crippen MR) is 79.6 cm³/mol. The van der Waals surface area contributed by atoms with Gasteiger partial charge in [0.25, 0.3) is 0 Å². The Morgan fingerprint density at radius 1 is 1.22 bits per heavy atom. The zero-order chi connectivity index (χ0) is 13.0. The van der Waals surface area contributed by atoms with Crippen LogP contribution in [0.15, 0.2) is 18.2 Å². The van der Waals surface area contributed by atoms with Crippen molar-refractivity contribution < 1.29 is 0 Å². The third-order valence-corrected chi connectivity index (χ3v) is 4.64. The normalized spacial score (nSPS) is 18.8. The van der Waals surface area contributed by atoms with E-state index in [0.717, 1.165) is 27.9 Å². The van der Waals surface area contributed by atoms with E-state index in [-0.39, 0.29) is 0 Å². The molecule has 1 N–H and O–H groups in total. The van der Waals surface area contributed by atoms with Crippen LogP contribution < -0.4 is 5.32 Å². The number of hydrogen-bond acceptors (Lipinski definition) is 1. The molecule has 0 aromatic heterocycles. The van der Waals surface area contributed by atoms with E-state index in [1.54, 1.807) is 0 Å². The first-order chi connectivity index (χ1) is 8.70. The lowest BCUT2D eigenvalue weighted by Crippen LogP contribution is -2.36. The molecule has 1 saturated carbocycles. The minimum Gasteiger partial charge on any atom is -0.316 e. The van der Waals surface area contributed by atoms with Gasteiger partial charge in [-0.15, -0.1) is 0 Å². The van der Waals surface area contributed by atoms with E-state index in [1.165, 1.54) is 32.1 Å². The SMILES string of the molecule is CNC(Cc1cc(Cl)ccc1Cl)C1CCCCC1. The minimum absolute atomic E-state index is 0.515. The summed E-state index contributed by atoms with van der Waals surface area (Å²) in [5.41, 5.74) is 1.16. The predicted octanol–water partition coefficient (Wildman–Crippen LogP) is 4.70. The van der Waals surface area contributed by atoms with Gasteiger partial charge in [0.15, 0.2) is 0 Å². The topological polar surface area (TPSA) is 12.0 Å². The molecular weight excluding hydrogens is 265 g/mol. The Hall–Kier alpha value is -0.240. The minimum atomic E-state index is 0.515. The van der Waals surface area contributed by atoms with Gasteiger partial charge in [-0.3, -0.25) is 0 Å². The molecule has 1 nitrogen and oxygen atoms in total. The van der Waals surface area contributed by atoms with E-state index in [4.69, 9.17) is 23.2 Å². The average Bonchev–Trinajstić information content (AvgIpc) is 2.41. The van der Waals surface area contributed by atoms with Crippen LogP contribution in [-0.4, -0.2) is 13.1 Å². The van der Waals surface area contributed by atoms with Gasteiger partial charge in [0.2, 0.25) is 0 Å². The zero-order valence-electron chi connectivity index (χ0n) is 10.9. The molecule has 0 heterocycles. The summed E-state index contributed by atoms with van der Waals surface area (Å²) in [6, 6.07) is 6.26. The van der Waals surface area contributed by atoms with E-state index in [1.807, 2.05) is 18.2 Å². The van der Waals surface area contributed by atoms with Crippen molar-refractivity contribution in [3.05, 3.63) is 33.8 Å². The second kappa shape index (κ2) is 6.79. The Kier molecular flexibility index (Phi) is 5.35. The molecule has 1 aliphatic rings. The Bertz CT molecular complexity index is 386. The molecule has 3 heteroatoms. The number of rotatable bonds is 4. The van der Waals surface area contributed by atoms with Gasteiger partial charge in [-0.05, 0) is 56.0 Å².